The molecule has 0 saturated heterocycles. The SMILES string of the molecule is NNc1cnc(C(=O)Nc2cc(F)c(F)cc2F)cn1. The van der Waals surface area contributed by atoms with Crippen molar-refractivity contribution in [2.24, 2.45) is 5.84 Å². The molecule has 6 nitrogen and oxygen atoms in total. The zero-order valence-corrected chi connectivity index (χ0v) is 9.82. The maximum Gasteiger partial charge on any atom is 0.275 e. The Hall–Kier alpha value is -2.68. The van der Waals surface area contributed by atoms with Gasteiger partial charge >= 0.3 is 0 Å². The molecule has 104 valence electrons. The summed E-state index contributed by atoms with van der Waals surface area (Å²) in [4.78, 5) is 19.1. The van der Waals surface area contributed by atoms with Gasteiger partial charge in [-0.05, 0) is 0 Å². The standard InChI is InChI=1S/C11H8F3N5O/c12-5-1-7(14)8(2-6(5)13)18-11(20)9-3-17-10(19-15)4-16-9/h1-4H,15H2,(H,17,19)(H,18,20). The minimum Gasteiger partial charge on any atom is -0.318 e. The molecule has 0 aliphatic heterocycles. The van der Waals surface area contributed by atoms with Crippen molar-refractivity contribution >= 4 is 17.4 Å². The third-order valence-electron chi connectivity index (χ3n) is 2.29. The Kier molecular flexibility index (Phi) is 3.80. The first-order chi connectivity index (χ1) is 9.51. The highest BCUT2D eigenvalue weighted by Gasteiger charge is 2.14. The number of amides is 1. The van der Waals surface area contributed by atoms with Gasteiger partial charge < -0.3 is 10.7 Å². The zero-order valence-electron chi connectivity index (χ0n) is 9.82. The van der Waals surface area contributed by atoms with E-state index in [-0.39, 0.29) is 11.5 Å². The number of anilines is 2. The summed E-state index contributed by atoms with van der Waals surface area (Å²) >= 11 is 0. The number of carbonyl (C=O) groups is 1. The number of aromatic nitrogens is 2. The molecule has 1 heterocycles. The summed E-state index contributed by atoms with van der Waals surface area (Å²) in [6.07, 6.45) is 2.26. The number of benzene rings is 1. The van der Waals surface area contributed by atoms with Gasteiger partial charge in [-0.2, -0.15) is 0 Å². The van der Waals surface area contributed by atoms with Crippen LogP contribution in [0.4, 0.5) is 24.7 Å². The molecule has 2 aromatic rings. The fourth-order valence-corrected chi connectivity index (χ4v) is 1.32. The van der Waals surface area contributed by atoms with Gasteiger partial charge in [0.05, 0.1) is 18.1 Å². The zero-order chi connectivity index (χ0) is 14.7. The number of carbonyl (C=O) groups excluding carboxylic acids is 1. The highest BCUT2D eigenvalue weighted by Crippen LogP contribution is 2.18. The number of hydrogen-bond acceptors (Lipinski definition) is 5. The van der Waals surface area contributed by atoms with Crippen LogP contribution in [-0.4, -0.2) is 15.9 Å². The molecule has 1 aromatic carbocycles. The van der Waals surface area contributed by atoms with Crippen molar-refractivity contribution in [2.75, 3.05) is 10.7 Å². The Bertz CT molecular complexity index is 647. The maximum atomic E-state index is 13.3. The van der Waals surface area contributed by atoms with Gasteiger partial charge in [-0.1, -0.05) is 0 Å². The lowest BCUT2D eigenvalue weighted by Gasteiger charge is -2.06. The second-order valence-electron chi connectivity index (χ2n) is 3.63. The average molecular weight is 283 g/mol. The normalized spacial score (nSPS) is 10.2. The molecule has 0 spiro atoms. The minimum atomic E-state index is -1.35. The molecule has 9 heteroatoms. The second kappa shape index (κ2) is 5.53. The van der Waals surface area contributed by atoms with Gasteiger partial charge in [0.25, 0.3) is 5.91 Å². The number of nitrogens with one attached hydrogen (secondary N) is 2. The molecular weight excluding hydrogens is 275 g/mol. The summed E-state index contributed by atoms with van der Waals surface area (Å²) in [7, 11) is 0. The fraction of sp³-hybridized carbons (Fsp3) is 0. The number of nitrogen functional groups attached to an aromatic ring is 1. The van der Waals surface area contributed by atoms with Crippen LogP contribution in [0.15, 0.2) is 24.5 Å². The maximum absolute atomic E-state index is 13.3. The van der Waals surface area contributed by atoms with Crippen LogP contribution in [0.1, 0.15) is 10.5 Å². The van der Waals surface area contributed by atoms with Gasteiger partial charge in [0, 0.05) is 12.1 Å². The molecule has 0 atom stereocenters. The summed E-state index contributed by atoms with van der Waals surface area (Å²) in [6, 6.07) is 0.865. The van der Waals surface area contributed by atoms with E-state index in [0.29, 0.717) is 12.1 Å². The first-order valence-electron chi connectivity index (χ1n) is 5.26. The molecule has 0 fully saturated rings. The lowest BCUT2D eigenvalue weighted by Crippen LogP contribution is -2.16. The van der Waals surface area contributed by atoms with Gasteiger partial charge in [-0.25, -0.2) is 29.0 Å². The Labute approximate surface area is 110 Å². The molecule has 0 aliphatic carbocycles. The van der Waals surface area contributed by atoms with E-state index in [1.165, 1.54) is 6.20 Å². The molecule has 1 aromatic heterocycles. The molecule has 20 heavy (non-hydrogen) atoms. The number of halogens is 3. The predicted octanol–water partition coefficient (Wildman–Crippen LogP) is 1.43. The van der Waals surface area contributed by atoms with Crippen LogP contribution >= 0.6 is 0 Å². The van der Waals surface area contributed by atoms with Crippen LogP contribution in [0, 0.1) is 17.5 Å². The van der Waals surface area contributed by atoms with Crippen molar-refractivity contribution in [3.8, 4) is 0 Å². The molecule has 0 saturated carbocycles. The van der Waals surface area contributed by atoms with Crippen molar-refractivity contribution < 1.29 is 18.0 Å². The molecule has 0 unspecified atom stereocenters. The molecular formula is C11H8F3N5O. The van der Waals surface area contributed by atoms with Gasteiger partial charge in [-0.3, -0.25) is 4.79 Å². The fourth-order valence-electron chi connectivity index (χ4n) is 1.32. The van der Waals surface area contributed by atoms with Crippen molar-refractivity contribution in [3.63, 3.8) is 0 Å². The lowest BCUT2D eigenvalue weighted by atomic mass is 10.2. The van der Waals surface area contributed by atoms with Gasteiger partial charge in [-0.15, -0.1) is 0 Å². The predicted molar refractivity (Wildman–Crippen MR) is 64.1 cm³/mol. The van der Waals surface area contributed by atoms with Crippen LogP contribution in [0.3, 0.4) is 0 Å². The Balaban J connectivity index is 2.20. The summed E-state index contributed by atoms with van der Waals surface area (Å²) in [5.41, 5.74) is 1.56. The summed E-state index contributed by atoms with van der Waals surface area (Å²) in [5, 5.41) is 2.06. The van der Waals surface area contributed by atoms with E-state index in [9.17, 15) is 18.0 Å². The Morgan fingerprint density at radius 3 is 2.35 bits per heavy atom. The van der Waals surface area contributed by atoms with Gasteiger partial charge in [0.2, 0.25) is 0 Å². The van der Waals surface area contributed by atoms with Crippen LogP contribution < -0.4 is 16.6 Å². The summed E-state index contributed by atoms with van der Waals surface area (Å²) in [6.45, 7) is 0. The van der Waals surface area contributed by atoms with E-state index in [2.05, 4.69) is 20.7 Å². The second-order valence-corrected chi connectivity index (χ2v) is 3.63. The average Bonchev–Trinajstić information content (AvgIpc) is 2.44. The van der Waals surface area contributed by atoms with E-state index < -0.39 is 29.0 Å². The van der Waals surface area contributed by atoms with Gasteiger partial charge in [0.1, 0.15) is 11.5 Å². The van der Waals surface area contributed by atoms with Crippen molar-refractivity contribution in [2.45, 2.75) is 0 Å². The van der Waals surface area contributed by atoms with Crippen LogP contribution in [0.2, 0.25) is 0 Å². The first kappa shape index (κ1) is 13.7. The van der Waals surface area contributed by atoms with E-state index in [4.69, 9.17) is 5.84 Å². The Morgan fingerprint density at radius 1 is 1.05 bits per heavy atom. The van der Waals surface area contributed by atoms with E-state index >= 15 is 0 Å². The third-order valence-corrected chi connectivity index (χ3v) is 2.29. The number of rotatable bonds is 3. The smallest absolute Gasteiger partial charge is 0.275 e. The molecule has 2 rings (SSSR count). The highest BCUT2D eigenvalue weighted by atomic mass is 19.2. The summed E-state index contributed by atoms with van der Waals surface area (Å²) < 4.78 is 39.0. The van der Waals surface area contributed by atoms with Crippen LogP contribution in [0.5, 0.6) is 0 Å². The molecule has 0 bridgehead atoms. The Morgan fingerprint density at radius 2 is 1.75 bits per heavy atom. The largest absolute Gasteiger partial charge is 0.318 e. The van der Waals surface area contributed by atoms with E-state index in [0.717, 1.165) is 6.20 Å². The summed E-state index contributed by atoms with van der Waals surface area (Å²) in [5.74, 6) is 0.729. The monoisotopic (exact) mass is 283 g/mol. The van der Waals surface area contributed by atoms with Crippen LogP contribution in [-0.2, 0) is 0 Å². The minimum absolute atomic E-state index is 0.145. The van der Waals surface area contributed by atoms with Crippen molar-refractivity contribution in [1.29, 1.82) is 0 Å². The quantitative estimate of drug-likeness (QED) is 0.450. The lowest BCUT2D eigenvalue weighted by molar-refractivity contribution is 0.102. The topological polar surface area (TPSA) is 92.9 Å². The number of hydrogen-bond donors (Lipinski definition) is 3. The third kappa shape index (κ3) is 2.83. The highest BCUT2D eigenvalue weighted by molar-refractivity contribution is 6.02. The number of nitrogens with two attached hydrogens (primary N) is 1. The van der Waals surface area contributed by atoms with Crippen LogP contribution in [0.25, 0.3) is 0 Å². The van der Waals surface area contributed by atoms with E-state index in [1.807, 2.05) is 0 Å². The molecule has 0 radical (unpaired) electrons. The number of hydrazine groups is 1. The van der Waals surface area contributed by atoms with Gasteiger partial charge in [0.15, 0.2) is 17.5 Å². The first-order valence-corrected chi connectivity index (χ1v) is 5.26. The molecule has 0 aliphatic rings. The number of nitrogens with zero attached hydrogens (tertiary/aromatic N) is 2. The van der Waals surface area contributed by atoms with Crippen molar-refractivity contribution in [3.05, 3.63) is 47.7 Å². The van der Waals surface area contributed by atoms with E-state index in [1.54, 1.807) is 0 Å². The molecule has 4 N–H and O–H groups in total. The molecule has 1 amide bonds. The van der Waals surface area contributed by atoms with Crippen molar-refractivity contribution in [1.82, 2.24) is 9.97 Å².